The fourth-order valence-electron chi connectivity index (χ4n) is 1.12. The number of aromatic nitrogens is 2. The van der Waals surface area contributed by atoms with Crippen LogP contribution in [0.2, 0.25) is 0 Å². The normalized spacial score (nSPS) is 11.2. The Balaban J connectivity index is 2.17. The summed E-state index contributed by atoms with van der Waals surface area (Å²) in [6.07, 6.45) is 5.88. The van der Waals surface area contributed by atoms with Crippen molar-refractivity contribution in [3.8, 4) is 0 Å². The lowest BCUT2D eigenvalue weighted by atomic mass is 10.5. The lowest BCUT2D eigenvalue weighted by Crippen LogP contribution is -2.02. The highest BCUT2D eigenvalue weighted by Crippen LogP contribution is 2.18. The van der Waals surface area contributed by atoms with E-state index in [0.717, 1.165) is 16.8 Å². The third kappa shape index (κ3) is 1.90. The van der Waals surface area contributed by atoms with Crippen molar-refractivity contribution in [3.05, 3.63) is 29.8 Å². The van der Waals surface area contributed by atoms with Gasteiger partial charge in [0.15, 0.2) is 0 Å². The fraction of sp³-hybridized carbons (Fsp3) is 0.200. The molecule has 0 aromatic carbocycles. The second kappa shape index (κ2) is 4.19. The number of fused-ring (bicyclic) bond motifs is 1. The molecule has 0 atom stereocenters. The van der Waals surface area contributed by atoms with Crippen LogP contribution < -0.4 is 5.32 Å². The SMILES string of the molecule is C/C=C/CNc1ncc2sccc2n1. The van der Waals surface area contributed by atoms with E-state index in [9.17, 15) is 0 Å². The molecular formula is C10H11N3S. The summed E-state index contributed by atoms with van der Waals surface area (Å²) < 4.78 is 1.13. The van der Waals surface area contributed by atoms with Gasteiger partial charge in [-0.2, -0.15) is 0 Å². The van der Waals surface area contributed by atoms with Gasteiger partial charge in [0.05, 0.1) is 16.4 Å². The molecule has 14 heavy (non-hydrogen) atoms. The third-order valence-electron chi connectivity index (χ3n) is 1.82. The van der Waals surface area contributed by atoms with Gasteiger partial charge < -0.3 is 5.32 Å². The Labute approximate surface area is 86.5 Å². The van der Waals surface area contributed by atoms with Crippen molar-refractivity contribution >= 4 is 27.5 Å². The summed E-state index contributed by atoms with van der Waals surface area (Å²) in [6, 6.07) is 2.00. The summed E-state index contributed by atoms with van der Waals surface area (Å²) in [5, 5.41) is 5.15. The highest BCUT2D eigenvalue weighted by Gasteiger charge is 1.98. The van der Waals surface area contributed by atoms with Gasteiger partial charge in [0, 0.05) is 6.54 Å². The van der Waals surface area contributed by atoms with E-state index in [2.05, 4.69) is 15.3 Å². The van der Waals surface area contributed by atoms with Crippen molar-refractivity contribution in [1.29, 1.82) is 0 Å². The second-order valence-corrected chi connectivity index (χ2v) is 3.76. The van der Waals surface area contributed by atoms with Gasteiger partial charge in [-0.1, -0.05) is 12.2 Å². The highest BCUT2D eigenvalue weighted by molar-refractivity contribution is 7.17. The maximum atomic E-state index is 4.36. The Kier molecular flexibility index (Phi) is 2.74. The topological polar surface area (TPSA) is 37.8 Å². The minimum atomic E-state index is 0.689. The number of thiophene rings is 1. The van der Waals surface area contributed by atoms with Crippen molar-refractivity contribution in [1.82, 2.24) is 9.97 Å². The molecule has 3 nitrogen and oxygen atoms in total. The predicted molar refractivity (Wildman–Crippen MR) is 60.7 cm³/mol. The molecule has 1 N–H and O–H groups in total. The maximum absolute atomic E-state index is 4.36. The summed E-state index contributed by atoms with van der Waals surface area (Å²) in [7, 11) is 0. The number of hydrogen-bond donors (Lipinski definition) is 1. The van der Waals surface area contributed by atoms with Gasteiger partial charge in [-0.05, 0) is 18.4 Å². The van der Waals surface area contributed by atoms with Crippen LogP contribution in [-0.2, 0) is 0 Å². The molecule has 2 aromatic rings. The van der Waals surface area contributed by atoms with Crippen molar-refractivity contribution < 1.29 is 0 Å². The van der Waals surface area contributed by atoms with Gasteiger partial charge in [0.2, 0.25) is 5.95 Å². The Morgan fingerprint density at radius 3 is 3.36 bits per heavy atom. The van der Waals surface area contributed by atoms with Crippen molar-refractivity contribution in [3.63, 3.8) is 0 Å². The van der Waals surface area contributed by atoms with Crippen LogP contribution in [0, 0.1) is 0 Å². The summed E-state index contributed by atoms with van der Waals surface area (Å²) in [4.78, 5) is 8.57. The van der Waals surface area contributed by atoms with Crippen molar-refractivity contribution in [2.75, 3.05) is 11.9 Å². The van der Waals surface area contributed by atoms with Crippen LogP contribution in [0.3, 0.4) is 0 Å². The van der Waals surface area contributed by atoms with E-state index >= 15 is 0 Å². The van der Waals surface area contributed by atoms with Crippen molar-refractivity contribution in [2.24, 2.45) is 0 Å². The largest absolute Gasteiger partial charge is 0.351 e. The molecule has 2 aromatic heterocycles. The minimum absolute atomic E-state index is 0.689. The summed E-state index contributed by atoms with van der Waals surface area (Å²) >= 11 is 1.66. The zero-order valence-electron chi connectivity index (χ0n) is 7.90. The first-order valence-electron chi connectivity index (χ1n) is 4.45. The molecule has 72 valence electrons. The molecule has 0 spiro atoms. The average molecular weight is 205 g/mol. The highest BCUT2D eigenvalue weighted by atomic mass is 32.1. The van der Waals surface area contributed by atoms with Gasteiger partial charge in [-0.25, -0.2) is 9.97 Å². The van der Waals surface area contributed by atoms with Crippen LogP contribution in [0.25, 0.3) is 10.2 Å². The average Bonchev–Trinajstić information content (AvgIpc) is 2.65. The number of anilines is 1. The lowest BCUT2D eigenvalue weighted by Gasteiger charge is -1.99. The summed E-state index contributed by atoms with van der Waals surface area (Å²) in [5.74, 6) is 0.689. The third-order valence-corrected chi connectivity index (χ3v) is 2.66. The fourth-order valence-corrected chi connectivity index (χ4v) is 1.81. The number of hydrogen-bond acceptors (Lipinski definition) is 4. The molecule has 0 fully saturated rings. The van der Waals surface area contributed by atoms with Crippen LogP contribution in [0.15, 0.2) is 29.8 Å². The van der Waals surface area contributed by atoms with Crippen LogP contribution in [0.1, 0.15) is 6.92 Å². The van der Waals surface area contributed by atoms with E-state index in [-0.39, 0.29) is 0 Å². The first-order chi connectivity index (χ1) is 6.90. The van der Waals surface area contributed by atoms with Gasteiger partial charge in [0.1, 0.15) is 0 Å². The first kappa shape index (κ1) is 9.15. The Morgan fingerprint density at radius 2 is 2.50 bits per heavy atom. The molecule has 0 saturated heterocycles. The Hall–Kier alpha value is -1.42. The van der Waals surface area contributed by atoms with E-state index in [1.54, 1.807) is 11.3 Å². The predicted octanol–water partition coefficient (Wildman–Crippen LogP) is 2.68. The smallest absolute Gasteiger partial charge is 0.223 e. The number of rotatable bonds is 3. The van der Waals surface area contributed by atoms with E-state index in [1.807, 2.05) is 36.7 Å². The van der Waals surface area contributed by atoms with Gasteiger partial charge in [-0.15, -0.1) is 11.3 Å². The molecule has 0 radical (unpaired) electrons. The molecule has 2 heterocycles. The maximum Gasteiger partial charge on any atom is 0.223 e. The van der Waals surface area contributed by atoms with Gasteiger partial charge in [-0.3, -0.25) is 0 Å². The van der Waals surface area contributed by atoms with E-state index in [1.165, 1.54) is 0 Å². The number of allylic oxidation sites excluding steroid dienone is 1. The van der Waals surface area contributed by atoms with E-state index < -0.39 is 0 Å². The zero-order valence-corrected chi connectivity index (χ0v) is 8.71. The standard InChI is InChI=1S/C10H11N3S/c1-2-3-5-11-10-12-7-9-8(13-10)4-6-14-9/h2-4,6-7H,5H2,1H3,(H,11,12,13)/b3-2+. The summed E-state index contributed by atoms with van der Waals surface area (Å²) in [5.41, 5.74) is 1.01. The molecule has 0 saturated carbocycles. The van der Waals surface area contributed by atoms with Gasteiger partial charge >= 0.3 is 0 Å². The van der Waals surface area contributed by atoms with Crippen LogP contribution in [0.5, 0.6) is 0 Å². The van der Waals surface area contributed by atoms with Crippen LogP contribution in [0.4, 0.5) is 5.95 Å². The molecule has 4 heteroatoms. The molecule has 0 amide bonds. The van der Waals surface area contributed by atoms with E-state index in [4.69, 9.17) is 0 Å². The van der Waals surface area contributed by atoms with Crippen molar-refractivity contribution in [2.45, 2.75) is 6.92 Å². The van der Waals surface area contributed by atoms with E-state index in [0.29, 0.717) is 5.95 Å². The van der Waals surface area contributed by atoms with Crippen LogP contribution >= 0.6 is 11.3 Å². The quantitative estimate of drug-likeness (QED) is 0.783. The molecule has 0 aliphatic rings. The number of nitrogens with one attached hydrogen (secondary N) is 1. The zero-order chi connectivity index (χ0) is 9.80. The summed E-state index contributed by atoms with van der Waals surface area (Å²) in [6.45, 7) is 2.76. The minimum Gasteiger partial charge on any atom is -0.351 e. The monoisotopic (exact) mass is 205 g/mol. The molecule has 0 unspecified atom stereocenters. The first-order valence-corrected chi connectivity index (χ1v) is 5.33. The Morgan fingerprint density at radius 1 is 1.57 bits per heavy atom. The van der Waals surface area contributed by atoms with Crippen LogP contribution in [-0.4, -0.2) is 16.5 Å². The van der Waals surface area contributed by atoms with Gasteiger partial charge in [0.25, 0.3) is 0 Å². The second-order valence-electron chi connectivity index (χ2n) is 2.81. The number of nitrogens with zero attached hydrogens (tertiary/aromatic N) is 2. The molecule has 0 bridgehead atoms. The Bertz CT molecular complexity index is 447. The molecule has 2 rings (SSSR count). The molecule has 0 aliphatic carbocycles. The molecule has 0 aliphatic heterocycles. The molecular weight excluding hydrogens is 194 g/mol. The lowest BCUT2D eigenvalue weighted by molar-refractivity contribution is 1.16.